The lowest BCUT2D eigenvalue weighted by Gasteiger charge is -2.31. The summed E-state index contributed by atoms with van der Waals surface area (Å²) >= 11 is 0. The van der Waals surface area contributed by atoms with Crippen LogP contribution in [-0.2, 0) is 19.3 Å². The topological polar surface area (TPSA) is 58.0 Å². The van der Waals surface area contributed by atoms with Crippen LogP contribution in [0.15, 0.2) is 30.5 Å². The third kappa shape index (κ3) is 2.83. The van der Waals surface area contributed by atoms with E-state index in [2.05, 4.69) is 47.3 Å². The van der Waals surface area contributed by atoms with E-state index in [9.17, 15) is 5.11 Å². The van der Waals surface area contributed by atoms with Gasteiger partial charge in [0.25, 0.3) is 0 Å². The number of hydrogen-bond donors (Lipinski definition) is 2. The quantitative estimate of drug-likeness (QED) is 0.910. The zero-order valence-corrected chi connectivity index (χ0v) is 13.2. The third-order valence-electron chi connectivity index (χ3n) is 4.37. The van der Waals surface area contributed by atoms with Gasteiger partial charge < -0.3 is 10.4 Å². The maximum absolute atomic E-state index is 10.5. The smallest absolute Gasteiger partial charge is 0.148 e. The molecule has 0 bridgehead atoms. The van der Waals surface area contributed by atoms with Crippen molar-refractivity contribution in [3.63, 3.8) is 0 Å². The van der Waals surface area contributed by atoms with Gasteiger partial charge in [0.2, 0.25) is 0 Å². The average Bonchev–Trinajstić information content (AvgIpc) is 2.57. The zero-order chi connectivity index (χ0) is 15.5. The molecule has 0 unspecified atom stereocenters. The minimum Gasteiger partial charge on any atom is -0.391 e. The minimum atomic E-state index is -0.397. The highest BCUT2D eigenvalue weighted by Gasteiger charge is 2.28. The zero-order valence-electron chi connectivity index (χ0n) is 13.2. The number of aliphatic hydroxyl groups is 1. The molecule has 3 rings (SSSR count). The molecule has 0 aliphatic heterocycles. The first kappa shape index (κ1) is 15.0. The summed E-state index contributed by atoms with van der Waals surface area (Å²) in [5.41, 5.74) is 4.40. The van der Waals surface area contributed by atoms with Gasteiger partial charge in [-0.25, -0.2) is 4.98 Å². The molecule has 1 aliphatic carbocycles. The first-order chi connectivity index (χ1) is 10.7. The summed E-state index contributed by atoms with van der Waals surface area (Å²) in [6.45, 7) is 4.15. The Morgan fingerprint density at radius 1 is 1.23 bits per heavy atom. The van der Waals surface area contributed by atoms with E-state index in [1.54, 1.807) is 0 Å². The summed E-state index contributed by atoms with van der Waals surface area (Å²) in [5.74, 6) is 0.808. The van der Waals surface area contributed by atoms with Crippen molar-refractivity contribution in [1.29, 1.82) is 0 Å². The van der Waals surface area contributed by atoms with Gasteiger partial charge in [0.1, 0.15) is 5.82 Å². The molecule has 0 saturated heterocycles. The van der Waals surface area contributed by atoms with Crippen molar-refractivity contribution >= 4 is 5.82 Å². The Bertz CT molecular complexity index is 657. The van der Waals surface area contributed by atoms with Gasteiger partial charge in [-0.3, -0.25) is 4.98 Å². The second-order valence-electron chi connectivity index (χ2n) is 5.79. The van der Waals surface area contributed by atoms with Gasteiger partial charge in [-0.15, -0.1) is 0 Å². The van der Waals surface area contributed by atoms with E-state index in [4.69, 9.17) is 0 Å². The second kappa shape index (κ2) is 6.44. The lowest BCUT2D eigenvalue weighted by atomic mass is 9.85. The Balaban J connectivity index is 1.95. The van der Waals surface area contributed by atoms with Gasteiger partial charge in [0.15, 0.2) is 0 Å². The first-order valence-electron chi connectivity index (χ1n) is 8.10. The van der Waals surface area contributed by atoms with Gasteiger partial charge in [-0.05, 0) is 36.8 Å². The van der Waals surface area contributed by atoms with Crippen LogP contribution in [-0.4, -0.2) is 21.2 Å². The Hall–Kier alpha value is -1.94. The molecule has 0 saturated carbocycles. The van der Waals surface area contributed by atoms with Crippen LogP contribution in [0.4, 0.5) is 5.82 Å². The SMILES string of the molecule is CCc1cnc(CC)c(N[C@@H]2c3ccccc3CC[C@H]2O)n1. The summed E-state index contributed by atoms with van der Waals surface area (Å²) in [7, 11) is 0. The fraction of sp³-hybridized carbons (Fsp3) is 0.444. The maximum Gasteiger partial charge on any atom is 0.148 e. The van der Waals surface area contributed by atoms with E-state index in [0.717, 1.165) is 42.9 Å². The van der Waals surface area contributed by atoms with Crippen LogP contribution >= 0.6 is 0 Å². The molecule has 22 heavy (non-hydrogen) atoms. The molecule has 1 aliphatic rings. The van der Waals surface area contributed by atoms with E-state index >= 15 is 0 Å². The molecule has 0 radical (unpaired) electrons. The first-order valence-corrected chi connectivity index (χ1v) is 8.10. The number of fused-ring (bicyclic) bond motifs is 1. The van der Waals surface area contributed by atoms with Crippen molar-refractivity contribution in [3.8, 4) is 0 Å². The number of nitrogens with one attached hydrogen (secondary N) is 1. The standard InChI is InChI=1S/C18H23N3O/c1-3-13-11-19-15(4-2)18(20-13)21-17-14-8-6-5-7-12(14)9-10-16(17)22/h5-8,11,16-17,22H,3-4,9-10H2,1-2H3,(H,20,21)/t16-,17-/m1/s1. The summed E-state index contributed by atoms with van der Waals surface area (Å²) in [6.07, 6.45) is 4.83. The summed E-state index contributed by atoms with van der Waals surface area (Å²) in [5, 5.41) is 13.9. The molecule has 116 valence electrons. The monoisotopic (exact) mass is 297 g/mol. The predicted octanol–water partition coefficient (Wildman–Crippen LogP) is 3.06. The number of rotatable bonds is 4. The molecular weight excluding hydrogens is 274 g/mol. The molecule has 1 heterocycles. The average molecular weight is 297 g/mol. The Labute approximate surface area is 131 Å². The molecule has 4 heteroatoms. The van der Waals surface area contributed by atoms with E-state index in [0.29, 0.717) is 0 Å². The highest BCUT2D eigenvalue weighted by atomic mass is 16.3. The molecule has 4 nitrogen and oxygen atoms in total. The summed E-state index contributed by atoms with van der Waals surface area (Å²) in [4.78, 5) is 9.19. The predicted molar refractivity (Wildman–Crippen MR) is 87.9 cm³/mol. The van der Waals surface area contributed by atoms with Crippen LogP contribution in [0.25, 0.3) is 0 Å². The molecular formula is C18H23N3O. The van der Waals surface area contributed by atoms with Crippen LogP contribution in [0, 0.1) is 0 Å². The van der Waals surface area contributed by atoms with Gasteiger partial charge >= 0.3 is 0 Å². The lowest BCUT2D eigenvalue weighted by molar-refractivity contribution is 0.135. The molecule has 2 atom stereocenters. The minimum absolute atomic E-state index is 0.114. The number of hydrogen-bond acceptors (Lipinski definition) is 4. The Kier molecular flexibility index (Phi) is 4.39. The van der Waals surface area contributed by atoms with Crippen molar-refractivity contribution in [2.45, 2.75) is 51.7 Å². The van der Waals surface area contributed by atoms with Gasteiger partial charge in [-0.2, -0.15) is 0 Å². The molecule has 1 aromatic carbocycles. The van der Waals surface area contributed by atoms with Crippen LogP contribution < -0.4 is 5.32 Å². The van der Waals surface area contributed by atoms with Gasteiger partial charge in [0, 0.05) is 6.20 Å². The summed E-state index contributed by atoms with van der Waals surface area (Å²) in [6, 6.07) is 8.21. The van der Waals surface area contributed by atoms with Crippen LogP contribution in [0.1, 0.15) is 48.8 Å². The van der Waals surface area contributed by atoms with Crippen LogP contribution in [0.2, 0.25) is 0 Å². The third-order valence-corrected chi connectivity index (χ3v) is 4.37. The Morgan fingerprint density at radius 2 is 2.05 bits per heavy atom. The molecule has 2 aromatic rings. The molecule has 0 fully saturated rings. The number of aryl methyl sites for hydroxylation is 3. The second-order valence-corrected chi connectivity index (χ2v) is 5.79. The van der Waals surface area contributed by atoms with E-state index in [1.807, 2.05) is 12.3 Å². The van der Waals surface area contributed by atoms with E-state index in [1.165, 1.54) is 11.1 Å². The number of aromatic nitrogens is 2. The fourth-order valence-corrected chi connectivity index (χ4v) is 3.06. The van der Waals surface area contributed by atoms with Crippen molar-refractivity contribution in [1.82, 2.24) is 9.97 Å². The summed E-state index contributed by atoms with van der Waals surface area (Å²) < 4.78 is 0. The normalized spacial score (nSPS) is 20.5. The van der Waals surface area contributed by atoms with Gasteiger partial charge in [0.05, 0.1) is 23.5 Å². The number of benzene rings is 1. The fourth-order valence-electron chi connectivity index (χ4n) is 3.06. The van der Waals surface area contributed by atoms with Gasteiger partial charge in [-0.1, -0.05) is 38.1 Å². The van der Waals surface area contributed by atoms with Crippen LogP contribution in [0.5, 0.6) is 0 Å². The van der Waals surface area contributed by atoms with Crippen LogP contribution in [0.3, 0.4) is 0 Å². The van der Waals surface area contributed by atoms with E-state index in [-0.39, 0.29) is 6.04 Å². The lowest BCUT2D eigenvalue weighted by Crippen LogP contribution is -2.31. The van der Waals surface area contributed by atoms with Crippen molar-refractivity contribution in [2.24, 2.45) is 0 Å². The Morgan fingerprint density at radius 3 is 2.82 bits per heavy atom. The largest absolute Gasteiger partial charge is 0.391 e. The number of anilines is 1. The molecule has 1 aromatic heterocycles. The number of aliphatic hydroxyl groups excluding tert-OH is 1. The highest BCUT2D eigenvalue weighted by molar-refractivity contribution is 5.46. The van der Waals surface area contributed by atoms with Crippen molar-refractivity contribution in [2.75, 3.05) is 5.32 Å². The van der Waals surface area contributed by atoms with Crippen molar-refractivity contribution < 1.29 is 5.11 Å². The van der Waals surface area contributed by atoms with E-state index < -0.39 is 6.10 Å². The highest BCUT2D eigenvalue weighted by Crippen LogP contribution is 2.33. The number of nitrogens with zero attached hydrogens (tertiary/aromatic N) is 2. The van der Waals surface area contributed by atoms with Crippen molar-refractivity contribution in [3.05, 3.63) is 53.0 Å². The molecule has 0 amide bonds. The molecule has 2 N–H and O–H groups in total. The maximum atomic E-state index is 10.5. The molecule has 0 spiro atoms.